The van der Waals surface area contributed by atoms with Gasteiger partial charge in [0.1, 0.15) is 11.6 Å². The zero-order valence-corrected chi connectivity index (χ0v) is 22.0. The number of nitrogens with one attached hydrogen (secondary N) is 1. The Kier molecular flexibility index (Phi) is 7.26. The van der Waals surface area contributed by atoms with Gasteiger partial charge in [0, 0.05) is 32.9 Å². The highest BCUT2D eigenvalue weighted by molar-refractivity contribution is 7.89. The lowest BCUT2D eigenvalue weighted by Gasteiger charge is -2.26. The molecular formula is C24H30N2O6S2. The Morgan fingerprint density at radius 2 is 1.62 bits per heavy atom. The van der Waals surface area contributed by atoms with Crippen LogP contribution in [0.4, 0.5) is 10.5 Å². The predicted molar refractivity (Wildman–Crippen MR) is 135 cm³/mol. The van der Waals surface area contributed by atoms with Crippen LogP contribution < -0.4 is 9.62 Å². The molecule has 34 heavy (non-hydrogen) atoms. The second-order valence-electron chi connectivity index (χ2n) is 9.35. The number of hydrogen-bond donors (Lipinski definition) is 1. The lowest BCUT2D eigenvalue weighted by molar-refractivity contribution is -0.158. The van der Waals surface area contributed by atoms with E-state index < -0.39 is 33.7 Å². The first kappa shape index (κ1) is 25.9. The maximum atomic E-state index is 13.2. The summed E-state index contributed by atoms with van der Waals surface area (Å²) in [6.45, 7) is 8.73. The molecule has 0 spiro atoms. The number of anilines is 1. The number of esters is 1. The van der Waals surface area contributed by atoms with E-state index in [1.54, 1.807) is 53.8 Å². The van der Waals surface area contributed by atoms with Crippen molar-refractivity contribution in [3.63, 3.8) is 0 Å². The van der Waals surface area contributed by atoms with Crippen molar-refractivity contribution < 1.29 is 27.5 Å². The minimum Gasteiger partial charge on any atom is -0.459 e. The van der Waals surface area contributed by atoms with Crippen LogP contribution in [-0.2, 0) is 24.3 Å². The standard InChI is InChI=1S/C24H30N2O6S2/c1-14(2)21(22(27)32-24(3,4)5)25-34(29,30)16-9-11-18-17-10-8-15(26(6)23(28)31-7)12-19(17)33-20(18)13-16/h8-14,21,25H,1-7H3/t21-/m0/s1. The van der Waals surface area contributed by atoms with Crippen molar-refractivity contribution in [1.29, 1.82) is 0 Å². The van der Waals surface area contributed by atoms with E-state index >= 15 is 0 Å². The van der Waals surface area contributed by atoms with Gasteiger partial charge in [-0.05, 0) is 51.0 Å². The van der Waals surface area contributed by atoms with E-state index in [9.17, 15) is 18.0 Å². The molecule has 1 N–H and O–H groups in total. The number of carbonyl (C=O) groups excluding carboxylic acids is 2. The van der Waals surface area contributed by atoms with E-state index in [-0.39, 0.29) is 10.8 Å². The van der Waals surface area contributed by atoms with Crippen LogP contribution in [0, 0.1) is 5.92 Å². The maximum absolute atomic E-state index is 13.2. The molecule has 1 heterocycles. The van der Waals surface area contributed by atoms with Gasteiger partial charge in [0.2, 0.25) is 10.0 Å². The van der Waals surface area contributed by atoms with Crippen molar-refractivity contribution in [3.05, 3.63) is 36.4 Å². The van der Waals surface area contributed by atoms with E-state index in [1.165, 1.54) is 29.4 Å². The first-order chi connectivity index (χ1) is 15.7. The summed E-state index contributed by atoms with van der Waals surface area (Å²) in [5, 5.41) is 1.85. The summed E-state index contributed by atoms with van der Waals surface area (Å²) in [7, 11) is -1.05. The number of carbonyl (C=O) groups is 2. The molecular weight excluding hydrogens is 476 g/mol. The molecule has 0 aliphatic rings. The fourth-order valence-electron chi connectivity index (χ4n) is 3.42. The van der Waals surface area contributed by atoms with Crippen molar-refractivity contribution >= 4 is 59.3 Å². The zero-order valence-electron chi connectivity index (χ0n) is 20.3. The van der Waals surface area contributed by atoms with Gasteiger partial charge in [0.15, 0.2) is 0 Å². The fourth-order valence-corrected chi connectivity index (χ4v) is 6.03. The summed E-state index contributed by atoms with van der Waals surface area (Å²) < 4.78 is 40.7. The predicted octanol–water partition coefficient (Wildman–Crippen LogP) is 4.90. The van der Waals surface area contributed by atoms with E-state index in [1.807, 2.05) is 18.2 Å². The van der Waals surface area contributed by atoms with Gasteiger partial charge in [-0.25, -0.2) is 13.2 Å². The summed E-state index contributed by atoms with van der Waals surface area (Å²) in [5.74, 6) is -0.917. The van der Waals surface area contributed by atoms with E-state index in [4.69, 9.17) is 9.47 Å². The molecule has 0 saturated carbocycles. The first-order valence-electron chi connectivity index (χ1n) is 10.8. The van der Waals surface area contributed by atoms with Crippen LogP contribution in [0.1, 0.15) is 34.6 Å². The van der Waals surface area contributed by atoms with Crippen molar-refractivity contribution in [2.24, 2.45) is 5.92 Å². The normalized spacial score (nSPS) is 13.3. The van der Waals surface area contributed by atoms with Crippen LogP contribution in [0.15, 0.2) is 41.3 Å². The molecule has 3 aromatic rings. The van der Waals surface area contributed by atoms with Crippen LogP contribution in [0.3, 0.4) is 0 Å². The average molecular weight is 507 g/mol. The molecule has 184 valence electrons. The molecule has 0 saturated heterocycles. The quantitative estimate of drug-likeness (QED) is 0.477. The minimum atomic E-state index is -3.98. The van der Waals surface area contributed by atoms with Gasteiger partial charge < -0.3 is 9.47 Å². The highest BCUT2D eigenvalue weighted by Crippen LogP contribution is 2.37. The van der Waals surface area contributed by atoms with Gasteiger partial charge in [-0.3, -0.25) is 9.69 Å². The highest BCUT2D eigenvalue weighted by Gasteiger charge is 2.32. The van der Waals surface area contributed by atoms with Crippen LogP contribution in [-0.4, -0.2) is 46.3 Å². The van der Waals surface area contributed by atoms with Crippen LogP contribution >= 0.6 is 11.3 Å². The van der Waals surface area contributed by atoms with Crippen LogP contribution in [0.2, 0.25) is 0 Å². The number of ether oxygens (including phenoxy) is 2. The van der Waals surface area contributed by atoms with Gasteiger partial charge in [0.05, 0.1) is 12.0 Å². The summed E-state index contributed by atoms with van der Waals surface area (Å²) in [6, 6.07) is 9.43. The summed E-state index contributed by atoms with van der Waals surface area (Å²) in [5.41, 5.74) is -0.0653. The van der Waals surface area contributed by atoms with Crippen molar-refractivity contribution in [3.8, 4) is 0 Å². The third-order valence-electron chi connectivity index (χ3n) is 5.18. The Morgan fingerprint density at radius 1 is 1.03 bits per heavy atom. The summed E-state index contributed by atoms with van der Waals surface area (Å²) >= 11 is 1.42. The van der Waals surface area contributed by atoms with Gasteiger partial charge in [-0.15, -0.1) is 11.3 Å². The lowest BCUT2D eigenvalue weighted by Crippen LogP contribution is -2.47. The highest BCUT2D eigenvalue weighted by atomic mass is 32.2. The molecule has 0 aliphatic heterocycles. The molecule has 8 nitrogen and oxygen atoms in total. The Balaban J connectivity index is 1.96. The van der Waals surface area contributed by atoms with E-state index in [0.29, 0.717) is 5.69 Å². The number of amides is 1. The number of sulfonamides is 1. The van der Waals surface area contributed by atoms with Crippen LogP contribution in [0.5, 0.6) is 0 Å². The van der Waals surface area contributed by atoms with Crippen molar-refractivity contribution in [1.82, 2.24) is 4.72 Å². The molecule has 1 amide bonds. The van der Waals surface area contributed by atoms with Gasteiger partial charge >= 0.3 is 12.1 Å². The van der Waals surface area contributed by atoms with Gasteiger partial charge in [-0.2, -0.15) is 4.72 Å². The van der Waals surface area contributed by atoms with Gasteiger partial charge in [-0.1, -0.05) is 26.0 Å². The lowest BCUT2D eigenvalue weighted by atomic mass is 10.1. The molecule has 10 heteroatoms. The number of benzene rings is 2. The second kappa shape index (κ2) is 9.52. The molecule has 2 aromatic carbocycles. The molecule has 1 aromatic heterocycles. The SMILES string of the molecule is COC(=O)N(C)c1ccc2c(c1)sc1cc(S(=O)(=O)N[C@H](C(=O)OC(C)(C)C)C(C)C)ccc12. The summed E-state index contributed by atoms with van der Waals surface area (Å²) in [6.07, 6.45) is -0.482. The zero-order chi connectivity index (χ0) is 25.4. The summed E-state index contributed by atoms with van der Waals surface area (Å²) in [4.78, 5) is 25.9. The Bertz CT molecular complexity index is 1340. The largest absolute Gasteiger partial charge is 0.459 e. The third kappa shape index (κ3) is 5.51. The van der Waals surface area contributed by atoms with E-state index in [2.05, 4.69) is 4.72 Å². The number of fused-ring (bicyclic) bond motifs is 3. The molecule has 0 bridgehead atoms. The second-order valence-corrected chi connectivity index (χ2v) is 12.1. The molecule has 0 radical (unpaired) electrons. The third-order valence-corrected chi connectivity index (χ3v) is 7.74. The van der Waals surface area contributed by atoms with Crippen molar-refractivity contribution in [2.45, 2.75) is 51.2 Å². The first-order valence-corrected chi connectivity index (χ1v) is 13.1. The number of rotatable bonds is 6. The number of nitrogens with zero attached hydrogens (tertiary/aromatic N) is 1. The molecule has 0 unspecified atom stereocenters. The maximum Gasteiger partial charge on any atom is 0.413 e. The smallest absolute Gasteiger partial charge is 0.413 e. The molecule has 3 rings (SSSR count). The topological polar surface area (TPSA) is 102 Å². The Morgan fingerprint density at radius 3 is 2.18 bits per heavy atom. The minimum absolute atomic E-state index is 0.0627. The van der Waals surface area contributed by atoms with Crippen LogP contribution in [0.25, 0.3) is 20.2 Å². The molecule has 1 atom stereocenters. The van der Waals surface area contributed by atoms with Crippen molar-refractivity contribution in [2.75, 3.05) is 19.1 Å². The molecule has 0 aliphatic carbocycles. The monoisotopic (exact) mass is 506 g/mol. The number of methoxy groups -OCH3 is 1. The number of hydrogen-bond acceptors (Lipinski definition) is 7. The number of thiophene rings is 1. The fraction of sp³-hybridized carbons (Fsp3) is 0.417. The Hall–Kier alpha value is -2.69. The molecule has 0 fully saturated rings. The van der Waals surface area contributed by atoms with E-state index in [0.717, 1.165) is 20.2 Å². The average Bonchev–Trinajstić information content (AvgIpc) is 3.11. The van der Waals surface area contributed by atoms with Gasteiger partial charge in [0.25, 0.3) is 0 Å². The Labute approximate surface area is 203 Å².